The van der Waals surface area contributed by atoms with E-state index in [4.69, 9.17) is 4.74 Å². The number of ether oxygens (including phenoxy) is 2. The Morgan fingerprint density at radius 2 is 2.42 bits per heavy atom. The maximum absolute atomic E-state index is 11.0. The molecule has 0 aromatic rings. The van der Waals surface area contributed by atoms with Gasteiger partial charge in [-0.1, -0.05) is 6.42 Å². The summed E-state index contributed by atoms with van der Waals surface area (Å²) in [6.07, 6.45) is 4.88. The summed E-state index contributed by atoms with van der Waals surface area (Å²) in [5.74, 6) is 0.326. The van der Waals surface area contributed by atoms with Crippen molar-refractivity contribution in [3.63, 3.8) is 0 Å². The Morgan fingerprint density at radius 3 is 3.17 bits per heavy atom. The normalized spacial score (nSPS) is 38.6. The zero-order valence-electron chi connectivity index (χ0n) is 7.29. The molecule has 3 nitrogen and oxygen atoms in total. The maximum Gasteiger partial charge on any atom is 0.305 e. The molecule has 0 bridgehead atoms. The van der Waals surface area contributed by atoms with E-state index in [0.29, 0.717) is 24.5 Å². The fourth-order valence-corrected chi connectivity index (χ4v) is 2.06. The van der Waals surface area contributed by atoms with Gasteiger partial charge in [-0.25, -0.2) is 0 Å². The van der Waals surface area contributed by atoms with Crippen molar-refractivity contribution < 1.29 is 14.3 Å². The first-order valence-electron chi connectivity index (χ1n) is 4.53. The second kappa shape index (κ2) is 3.05. The van der Waals surface area contributed by atoms with E-state index in [1.807, 2.05) is 0 Å². The SMILES string of the molecule is COC(=O)C[C@@H]1CCC[C@@H]2O[C@H]12. The molecule has 0 unspecified atom stereocenters. The summed E-state index contributed by atoms with van der Waals surface area (Å²) in [5, 5.41) is 0. The third-order valence-electron chi connectivity index (χ3n) is 2.81. The van der Waals surface area contributed by atoms with Gasteiger partial charge in [-0.05, 0) is 18.8 Å². The van der Waals surface area contributed by atoms with Crippen LogP contribution in [0.1, 0.15) is 25.7 Å². The molecule has 0 spiro atoms. The average molecular weight is 170 g/mol. The van der Waals surface area contributed by atoms with E-state index in [1.54, 1.807) is 0 Å². The van der Waals surface area contributed by atoms with Crippen LogP contribution in [0.2, 0.25) is 0 Å². The zero-order chi connectivity index (χ0) is 8.55. The summed E-state index contributed by atoms with van der Waals surface area (Å²) in [4.78, 5) is 11.0. The highest BCUT2D eigenvalue weighted by Crippen LogP contribution is 2.42. The van der Waals surface area contributed by atoms with Crippen molar-refractivity contribution in [1.29, 1.82) is 0 Å². The van der Waals surface area contributed by atoms with Gasteiger partial charge in [-0.2, -0.15) is 0 Å². The number of rotatable bonds is 2. The largest absolute Gasteiger partial charge is 0.469 e. The van der Waals surface area contributed by atoms with E-state index in [9.17, 15) is 4.79 Å². The molecule has 3 heteroatoms. The molecule has 1 heterocycles. The molecule has 0 radical (unpaired) electrons. The summed E-state index contributed by atoms with van der Waals surface area (Å²) in [7, 11) is 1.44. The lowest BCUT2D eigenvalue weighted by molar-refractivity contribution is -0.142. The Labute approximate surface area is 72.0 Å². The zero-order valence-corrected chi connectivity index (χ0v) is 7.29. The van der Waals surface area contributed by atoms with E-state index in [2.05, 4.69) is 4.74 Å². The second-order valence-corrected chi connectivity index (χ2v) is 3.61. The lowest BCUT2D eigenvalue weighted by atomic mass is 9.87. The quantitative estimate of drug-likeness (QED) is 0.460. The van der Waals surface area contributed by atoms with E-state index < -0.39 is 0 Å². The van der Waals surface area contributed by atoms with Crippen LogP contribution in [0.5, 0.6) is 0 Å². The van der Waals surface area contributed by atoms with Gasteiger partial charge in [0.15, 0.2) is 0 Å². The van der Waals surface area contributed by atoms with Gasteiger partial charge in [0.2, 0.25) is 0 Å². The van der Waals surface area contributed by atoms with Crippen molar-refractivity contribution in [2.45, 2.75) is 37.9 Å². The minimum Gasteiger partial charge on any atom is -0.469 e. The summed E-state index contributed by atoms with van der Waals surface area (Å²) < 4.78 is 10.1. The Morgan fingerprint density at radius 1 is 1.58 bits per heavy atom. The Hall–Kier alpha value is -0.570. The van der Waals surface area contributed by atoms with Crippen molar-refractivity contribution in [3.05, 3.63) is 0 Å². The number of carbonyl (C=O) groups is 1. The summed E-state index contributed by atoms with van der Waals surface area (Å²) in [6, 6.07) is 0. The Kier molecular flexibility index (Phi) is 2.05. The second-order valence-electron chi connectivity index (χ2n) is 3.61. The molecule has 2 rings (SSSR count). The first kappa shape index (κ1) is 8.05. The van der Waals surface area contributed by atoms with E-state index >= 15 is 0 Å². The topological polar surface area (TPSA) is 38.8 Å². The van der Waals surface area contributed by atoms with Crippen LogP contribution in [0.4, 0.5) is 0 Å². The van der Waals surface area contributed by atoms with Crippen molar-refractivity contribution >= 4 is 5.97 Å². The molecule has 1 saturated heterocycles. The van der Waals surface area contributed by atoms with Crippen molar-refractivity contribution in [2.24, 2.45) is 5.92 Å². The first-order valence-corrected chi connectivity index (χ1v) is 4.53. The molecule has 2 aliphatic rings. The van der Waals surface area contributed by atoms with Crippen LogP contribution >= 0.6 is 0 Å². The predicted octanol–water partition coefficient (Wildman–Crippen LogP) is 1.12. The highest BCUT2D eigenvalue weighted by molar-refractivity contribution is 5.69. The van der Waals surface area contributed by atoms with Gasteiger partial charge in [0.25, 0.3) is 0 Å². The van der Waals surface area contributed by atoms with E-state index in [-0.39, 0.29) is 5.97 Å². The fraction of sp³-hybridized carbons (Fsp3) is 0.889. The Balaban J connectivity index is 1.83. The van der Waals surface area contributed by atoms with Gasteiger partial charge in [-0.15, -0.1) is 0 Å². The van der Waals surface area contributed by atoms with Crippen LogP contribution < -0.4 is 0 Å². The molecule has 1 aliphatic heterocycles. The third-order valence-corrected chi connectivity index (χ3v) is 2.81. The van der Waals surface area contributed by atoms with Crippen LogP contribution in [0, 0.1) is 5.92 Å². The number of carbonyl (C=O) groups excluding carboxylic acids is 1. The molecule has 12 heavy (non-hydrogen) atoms. The lowest BCUT2D eigenvalue weighted by Crippen LogP contribution is -2.20. The third kappa shape index (κ3) is 1.46. The van der Waals surface area contributed by atoms with Gasteiger partial charge < -0.3 is 9.47 Å². The number of hydrogen-bond acceptors (Lipinski definition) is 3. The minimum atomic E-state index is -0.101. The van der Waals surface area contributed by atoms with Crippen LogP contribution in [0.3, 0.4) is 0 Å². The molecule has 1 aliphatic carbocycles. The first-order chi connectivity index (χ1) is 5.81. The standard InChI is InChI=1S/C9H14O3/c1-11-8(10)5-6-3-2-4-7-9(6)12-7/h6-7,9H,2-5H2,1H3/t6-,7-,9+/m0/s1. The van der Waals surface area contributed by atoms with Crippen LogP contribution in [0.25, 0.3) is 0 Å². The molecule has 68 valence electrons. The molecule has 0 N–H and O–H groups in total. The number of fused-ring (bicyclic) bond motifs is 1. The number of epoxide rings is 1. The molecular formula is C9H14O3. The summed E-state index contributed by atoms with van der Waals surface area (Å²) in [6.45, 7) is 0. The van der Waals surface area contributed by atoms with Gasteiger partial charge in [0.1, 0.15) is 0 Å². The lowest BCUT2D eigenvalue weighted by Gasteiger charge is -2.16. The van der Waals surface area contributed by atoms with Crippen LogP contribution in [-0.2, 0) is 14.3 Å². The molecular weight excluding hydrogens is 156 g/mol. The summed E-state index contributed by atoms with van der Waals surface area (Å²) >= 11 is 0. The number of esters is 1. The van der Waals surface area contributed by atoms with E-state index in [0.717, 1.165) is 6.42 Å². The van der Waals surface area contributed by atoms with Crippen LogP contribution in [0.15, 0.2) is 0 Å². The number of hydrogen-bond donors (Lipinski definition) is 0. The van der Waals surface area contributed by atoms with Crippen molar-refractivity contribution in [3.8, 4) is 0 Å². The highest BCUT2D eigenvalue weighted by atomic mass is 16.6. The average Bonchev–Trinajstić information content (AvgIpc) is 2.84. The van der Waals surface area contributed by atoms with Gasteiger partial charge in [0, 0.05) is 0 Å². The smallest absolute Gasteiger partial charge is 0.305 e. The van der Waals surface area contributed by atoms with Gasteiger partial charge in [-0.3, -0.25) is 4.79 Å². The van der Waals surface area contributed by atoms with Gasteiger partial charge >= 0.3 is 5.97 Å². The maximum atomic E-state index is 11.0. The van der Waals surface area contributed by atoms with Crippen molar-refractivity contribution in [2.75, 3.05) is 7.11 Å². The molecule has 2 fully saturated rings. The molecule has 1 saturated carbocycles. The number of methoxy groups -OCH3 is 1. The van der Waals surface area contributed by atoms with Crippen molar-refractivity contribution in [1.82, 2.24) is 0 Å². The molecule has 3 atom stereocenters. The molecule has 0 aromatic carbocycles. The highest BCUT2D eigenvalue weighted by Gasteiger charge is 2.47. The Bertz CT molecular complexity index is 190. The van der Waals surface area contributed by atoms with E-state index in [1.165, 1.54) is 20.0 Å². The molecule has 0 aromatic heterocycles. The van der Waals surface area contributed by atoms with Crippen LogP contribution in [-0.4, -0.2) is 25.3 Å². The fourth-order valence-electron chi connectivity index (χ4n) is 2.06. The summed E-state index contributed by atoms with van der Waals surface area (Å²) in [5.41, 5.74) is 0. The molecule has 0 amide bonds. The monoisotopic (exact) mass is 170 g/mol. The van der Waals surface area contributed by atoms with Gasteiger partial charge in [0.05, 0.1) is 25.7 Å². The minimum absolute atomic E-state index is 0.101. The predicted molar refractivity (Wildman–Crippen MR) is 42.6 cm³/mol.